The van der Waals surface area contributed by atoms with Crippen LogP contribution in [-0.2, 0) is 14.8 Å². The van der Waals surface area contributed by atoms with Crippen molar-refractivity contribution in [1.82, 2.24) is 4.31 Å². The Morgan fingerprint density at radius 3 is 2.37 bits per heavy atom. The normalized spacial score (nSPS) is 16.5. The van der Waals surface area contributed by atoms with Gasteiger partial charge in [0.1, 0.15) is 0 Å². The summed E-state index contributed by atoms with van der Waals surface area (Å²) in [6.07, 6.45) is 1.12. The summed E-state index contributed by atoms with van der Waals surface area (Å²) in [5, 5.41) is 3.74. The molecule has 3 aromatic carbocycles. The van der Waals surface area contributed by atoms with E-state index in [1.165, 1.54) is 28.6 Å². The third kappa shape index (κ3) is 5.90. The van der Waals surface area contributed by atoms with Crippen LogP contribution in [0, 0.1) is 5.92 Å². The average molecular weight is 535 g/mol. The van der Waals surface area contributed by atoms with Gasteiger partial charge in [0.05, 0.1) is 23.6 Å². The number of methoxy groups -OCH3 is 1. The summed E-state index contributed by atoms with van der Waals surface area (Å²) < 4.78 is 38.9. The van der Waals surface area contributed by atoms with Gasteiger partial charge in [-0.2, -0.15) is 4.31 Å². The molecule has 1 heterocycles. The highest BCUT2D eigenvalue weighted by Gasteiger charge is 2.33. The molecule has 1 N–H and O–H groups in total. The van der Waals surface area contributed by atoms with Crippen LogP contribution in [0.5, 0.6) is 17.2 Å². The lowest BCUT2D eigenvalue weighted by Crippen LogP contribution is -2.43. The number of nitrogens with one attached hydrogen (secondary N) is 1. The van der Waals surface area contributed by atoms with Crippen LogP contribution in [0.25, 0.3) is 0 Å². The van der Waals surface area contributed by atoms with Crippen LogP contribution >= 0.6 is 23.2 Å². The summed E-state index contributed by atoms with van der Waals surface area (Å²) in [6.45, 7) is 0.411. The first-order valence-electron chi connectivity index (χ1n) is 10.9. The van der Waals surface area contributed by atoms with Gasteiger partial charge in [0.2, 0.25) is 15.9 Å². The minimum atomic E-state index is -3.75. The molecule has 1 aliphatic heterocycles. The van der Waals surface area contributed by atoms with Crippen molar-refractivity contribution in [2.24, 2.45) is 5.92 Å². The number of carbonyl (C=O) groups is 1. The lowest BCUT2D eigenvalue weighted by molar-refractivity contribution is -0.120. The topological polar surface area (TPSA) is 84.9 Å². The van der Waals surface area contributed by atoms with Crippen molar-refractivity contribution in [3.63, 3.8) is 0 Å². The Hall–Kier alpha value is -2.78. The minimum Gasteiger partial charge on any atom is -0.493 e. The maximum atomic E-state index is 13.2. The highest BCUT2D eigenvalue weighted by atomic mass is 35.5. The molecule has 3 aromatic rings. The standard InChI is InChI=1S/C25H24Cl2N2O5S/c1-33-23-6-2-3-7-24(23)34-22-13-10-19(27)15-21(22)28-25(30)17-5-4-14-29(16-17)35(31,32)20-11-8-18(26)9-12-20/h2-3,6-13,15,17H,4-5,14,16H2,1H3,(H,28,30)/t17-/m1/s1. The first-order chi connectivity index (χ1) is 16.8. The molecule has 4 rings (SSSR count). The second-order valence-corrected chi connectivity index (χ2v) is 10.8. The number of piperidine rings is 1. The predicted molar refractivity (Wildman–Crippen MR) is 136 cm³/mol. The highest BCUT2D eigenvalue weighted by Crippen LogP contribution is 2.37. The number of halogens is 2. The van der Waals surface area contributed by atoms with Crippen molar-refractivity contribution in [2.45, 2.75) is 17.7 Å². The zero-order valence-corrected chi connectivity index (χ0v) is 21.2. The molecule has 1 aliphatic rings. The number of ether oxygens (including phenoxy) is 2. The van der Waals surface area contributed by atoms with Crippen LogP contribution in [0.4, 0.5) is 5.69 Å². The molecular weight excluding hydrogens is 511 g/mol. The van der Waals surface area contributed by atoms with Crippen LogP contribution in [0.2, 0.25) is 10.0 Å². The summed E-state index contributed by atoms with van der Waals surface area (Å²) in [7, 11) is -2.21. The van der Waals surface area contributed by atoms with E-state index in [1.54, 1.807) is 37.4 Å². The largest absolute Gasteiger partial charge is 0.493 e. The van der Waals surface area contributed by atoms with E-state index in [0.717, 1.165) is 0 Å². The van der Waals surface area contributed by atoms with Crippen LogP contribution in [0.3, 0.4) is 0 Å². The van der Waals surface area contributed by atoms with Gasteiger partial charge in [-0.15, -0.1) is 0 Å². The van der Waals surface area contributed by atoms with Gasteiger partial charge < -0.3 is 14.8 Å². The Balaban J connectivity index is 1.51. The molecule has 184 valence electrons. The Morgan fingerprint density at radius 1 is 0.971 bits per heavy atom. The number of carbonyl (C=O) groups excluding carboxylic acids is 1. The molecule has 1 atom stereocenters. The molecule has 0 saturated carbocycles. The van der Waals surface area contributed by atoms with Crippen molar-refractivity contribution >= 4 is 44.8 Å². The number of hydrogen-bond acceptors (Lipinski definition) is 5. The molecule has 1 fully saturated rings. The van der Waals surface area contributed by atoms with Crippen molar-refractivity contribution in [3.8, 4) is 17.2 Å². The maximum Gasteiger partial charge on any atom is 0.243 e. The average Bonchev–Trinajstić information content (AvgIpc) is 2.86. The van der Waals surface area contributed by atoms with Crippen molar-refractivity contribution in [2.75, 3.05) is 25.5 Å². The SMILES string of the molecule is COc1ccccc1Oc1ccc(Cl)cc1NC(=O)[C@@H]1CCCN(S(=O)(=O)c2ccc(Cl)cc2)C1. The van der Waals surface area contributed by atoms with Crippen LogP contribution < -0.4 is 14.8 Å². The summed E-state index contributed by atoms with van der Waals surface area (Å²) in [5.41, 5.74) is 0.381. The molecular formula is C25H24Cl2N2O5S. The second kappa shape index (κ2) is 10.9. The van der Waals surface area contributed by atoms with E-state index in [2.05, 4.69) is 5.32 Å². The highest BCUT2D eigenvalue weighted by molar-refractivity contribution is 7.89. The van der Waals surface area contributed by atoms with Crippen LogP contribution in [0.1, 0.15) is 12.8 Å². The van der Waals surface area contributed by atoms with Crippen molar-refractivity contribution in [1.29, 1.82) is 0 Å². The zero-order valence-electron chi connectivity index (χ0n) is 18.9. The summed E-state index contributed by atoms with van der Waals surface area (Å²) >= 11 is 12.1. The quantitative estimate of drug-likeness (QED) is 0.411. The summed E-state index contributed by atoms with van der Waals surface area (Å²) in [4.78, 5) is 13.3. The number of hydrogen-bond donors (Lipinski definition) is 1. The molecule has 0 unspecified atom stereocenters. The van der Waals surface area contributed by atoms with E-state index in [-0.39, 0.29) is 17.3 Å². The number of anilines is 1. The molecule has 0 bridgehead atoms. The van der Waals surface area contributed by atoms with E-state index in [0.29, 0.717) is 52.4 Å². The third-order valence-electron chi connectivity index (χ3n) is 5.69. The monoisotopic (exact) mass is 534 g/mol. The smallest absolute Gasteiger partial charge is 0.243 e. The van der Waals surface area contributed by atoms with Gasteiger partial charge in [0, 0.05) is 23.1 Å². The van der Waals surface area contributed by atoms with Crippen LogP contribution in [-0.4, -0.2) is 38.8 Å². The Kier molecular flexibility index (Phi) is 7.86. The first kappa shape index (κ1) is 25.3. The van der Waals surface area contributed by atoms with E-state index in [1.807, 2.05) is 12.1 Å². The van der Waals surface area contributed by atoms with E-state index < -0.39 is 15.9 Å². The molecule has 7 nitrogen and oxygen atoms in total. The van der Waals surface area contributed by atoms with Gasteiger partial charge in [-0.1, -0.05) is 35.3 Å². The maximum absolute atomic E-state index is 13.2. The van der Waals surface area contributed by atoms with E-state index in [9.17, 15) is 13.2 Å². The molecule has 0 aromatic heterocycles. The Morgan fingerprint density at radius 2 is 1.66 bits per heavy atom. The van der Waals surface area contributed by atoms with Crippen molar-refractivity contribution < 1.29 is 22.7 Å². The third-order valence-corrected chi connectivity index (χ3v) is 8.06. The minimum absolute atomic E-state index is 0.0695. The fraction of sp³-hybridized carbons (Fsp3) is 0.240. The Labute approximate surface area is 214 Å². The molecule has 1 saturated heterocycles. The number of amides is 1. The van der Waals surface area contributed by atoms with Crippen molar-refractivity contribution in [3.05, 3.63) is 76.8 Å². The van der Waals surface area contributed by atoms with Gasteiger partial charge in [-0.05, 0) is 67.4 Å². The number of nitrogens with zero attached hydrogens (tertiary/aromatic N) is 1. The van der Waals surface area contributed by atoms with Crippen LogP contribution in [0.15, 0.2) is 71.6 Å². The molecule has 1 amide bonds. The lowest BCUT2D eigenvalue weighted by atomic mass is 9.98. The van der Waals surface area contributed by atoms with Gasteiger partial charge >= 0.3 is 0 Å². The molecule has 0 radical (unpaired) electrons. The fourth-order valence-corrected chi connectivity index (χ4v) is 5.70. The van der Waals surface area contributed by atoms with Gasteiger partial charge in [-0.25, -0.2) is 8.42 Å². The Bertz CT molecular complexity index is 1320. The molecule has 0 spiro atoms. The molecule has 10 heteroatoms. The number of rotatable bonds is 7. The fourth-order valence-electron chi connectivity index (χ4n) is 3.88. The lowest BCUT2D eigenvalue weighted by Gasteiger charge is -2.31. The first-order valence-corrected chi connectivity index (χ1v) is 13.1. The van der Waals surface area contributed by atoms with E-state index >= 15 is 0 Å². The summed E-state index contributed by atoms with van der Waals surface area (Å²) in [5.74, 6) is 0.548. The number of sulfonamides is 1. The summed E-state index contributed by atoms with van der Waals surface area (Å²) in [6, 6.07) is 18.0. The number of para-hydroxylation sites is 2. The predicted octanol–water partition coefficient (Wildman–Crippen LogP) is 5.83. The van der Waals surface area contributed by atoms with Gasteiger partial charge in [0.15, 0.2) is 17.2 Å². The van der Waals surface area contributed by atoms with E-state index in [4.69, 9.17) is 32.7 Å². The number of benzene rings is 3. The van der Waals surface area contributed by atoms with Gasteiger partial charge in [-0.3, -0.25) is 4.79 Å². The van der Waals surface area contributed by atoms with Gasteiger partial charge in [0.25, 0.3) is 0 Å². The molecule has 0 aliphatic carbocycles. The second-order valence-electron chi connectivity index (χ2n) is 8.04. The molecule has 35 heavy (non-hydrogen) atoms. The zero-order chi connectivity index (χ0) is 25.0.